The van der Waals surface area contributed by atoms with Crippen LogP contribution in [0.2, 0.25) is 0 Å². The third kappa shape index (κ3) is 5.06. The number of rotatable bonds is 3. The molecule has 0 aliphatic carbocycles. The van der Waals surface area contributed by atoms with E-state index in [1.54, 1.807) is 0 Å². The van der Waals surface area contributed by atoms with E-state index in [9.17, 15) is 4.79 Å². The molecule has 5 heteroatoms. The van der Waals surface area contributed by atoms with Crippen LogP contribution in [0.3, 0.4) is 0 Å². The van der Waals surface area contributed by atoms with Gasteiger partial charge in [-0.2, -0.15) is 0 Å². The molecule has 3 N–H and O–H groups in total. The lowest BCUT2D eigenvalue weighted by Gasteiger charge is -2.21. The fourth-order valence-corrected chi connectivity index (χ4v) is 1.97. The van der Waals surface area contributed by atoms with Crippen molar-refractivity contribution in [2.75, 3.05) is 6.54 Å². The Balaban J connectivity index is 2.49. The van der Waals surface area contributed by atoms with Crippen LogP contribution < -0.4 is 11.1 Å². The van der Waals surface area contributed by atoms with E-state index in [2.05, 4.69) is 21.2 Å². The SMILES string of the molecule is CC(C)(C)OC(=O)NC[C@@H](N)c1ccccc1Br. The van der Waals surface area contributed by atoms with Crippen LogP contribution >= 0.6 is 15.9 Å². The molecule has 0 fully saturated rings. The zero-order valence-electron chi connectivity index (χ0n) is 10.9. The third-order valence-corrected chi connectivity index (χ3v) is 2.89. The first-order chi connectivity index (χ1) is 8.29. The average molecular weight is 315 g/mol. The van der Waals surface area contributed by atoms with Crippen molar-refractivity contribution in [2.24, 2.45) is 5.73 Å². The molecule has 1 amide bonds. The summed E-state index contributed by atoms with van der Waals surface area (Å²) in [5.74, 6) is 0. The highest BCUT2D eigenvalue weighted by atomic mass is 79.9. The molecule has 0 saturated carbocycles. The van der Waals surface area contributed by atoms with Gasteiger partial charge in [-0.15, -0.1) is 0 Å². The van der Waals surface area contributed by atoms with Gasteiger partial charge >= 0.3 is 6.09 Å². The number of hydrogen-bond acceptors (Lipinski definition) is 3. The van der Waals surface area contributed by atoms with Crippen LogP contribution in [0.4, 0.5) is 4.79 Å². The Kier molecular flexibility index (Phi) is 5.16. The number of halogens is 1. The highest BCUT2D eigenvalue weighted by Gasteiger charge is 2.17. The van der Waals surface area contributed by atoms with Crippen molar-refractivity contribution in [3.8, 4) is 0 Å². The van der Waals surface area contributed by atoms with Crippen molar-refractivity contribution in [3.63, 3.8) is 0 Å². The maximum absolute atomic E-state index is 11.5. The number of nitrogens with one attached hydrogen (secondary N) is 1. The van der Waals surface area contributed by atoms with E-state index in [-0.39, 0.29) is 6.04 Å². The summed E-state index contributed by atoms with van der Waals surface area (Å²) in [5.41, 5.74) is 6.46. The predicted octanol–water partition coefficient (Wildman–Crippen LogP) is 2.97. The molecule has 0 heterocycles. The summed E-state index contributed by atoms with van der Waals surface area (Å²) in [6.45, 7) is 5.79. The number of hydrogen-bond donors (Lipinski definition) is 2. The molecular formula is C13H19BrN2O2. The Hall–Kier alpha value is -1.07. The van der Waals surface area contributed by atoms with Gasteiger partial charge in [-0.25, -0.2) is 4.79 Å². The van der Waals surface area contributed by atoms with E-state index in [4.69, 9.17) is 10.5 Å². The standard InChI is InChI=1S/C13H19BrN2O2/c1-13(2,3)18-12(17)16-8-11(15)9-6-4-5-7-10(9)14/h4-7,11H,8,15H2,1-3H3,(H,16,17)/t11-/m1/s1. The van der Waals surface area contributed by atoms with E-state index in [0.717, 1.165) is 10.0 Å². The van der Waals surface area contributed by atoms with Gasteiger partial charge < -0.3 is 15.8 Å². The Bertz CT molecular complexity index is 416. The lowest BCUT2D eigenvalue weighted by atomic mass is 10.1. The number of benzene rings is 1. The van der Waals surface area contributed by atoms with E-state index in [1.165, 1.54) is 0 Å². The molecule has 0 saturated heterocycles. The molecule has 1 aromatic rings. The smallest absolute Gasteiger partial charge is 0.407 e. The van der Waals surface area contributed by atoms with Crippen molar-refractivity contribution in [3.05, 3.63) is 34.3 Å². The Morgan fingerprint density at radius 3 is 2.61 bits per heavy atom. The molecule has 4 nitrogen and oxygen atoms in total. The molecule has 0 bridgehead atoms. The van der Waals surface area contributed by atoms with Crippen molar-refractivity contribution < 1.29 is 9.53 Å². The monoisotopic (exact) mass is 314 g/mol. The Morgan fingerprint density at radius 2 is 2.06 bits per heavy atom. The average Bonchev–Trinajstić information content (AvgIpc) is 2.24. The number of alkyl carbamates (subject to hydrolysis) is 1. The first kappa shape index (κ1) is 15.0. The van der Waals surface area contributed by atoms with E-state index in [0.29, 0.717) is 6.54 Å². The molecule has 0 unspecified atom stereocenters. The van der Waals surface area contributed by atoms with Gasteiger partial charge in [0.05, 0.1) is 0 Å². The number of amides is 1. The van der Waals surface area contributed by atoms with Gasteiger partial charge in [0, 0.05) is 17.1 Å². The van der Waals surface area contributed by atoms with Gasteiger partial charge in [-0.3, -0.25) is 0 Å². The van der Waals surface area contributed by atoms with Crippen LogP contribution in [-0.2, 0) is 4.74 Å². The molecule has 18 heavy (non-hydrogen) atoms. The van der Waals surface area contributed by atoms with Gasteiger partial charge in [0.2, 0.25) is 0 Å². The van der Waals surface area contributed by atoms with E-state index >= 15 is 0 Å². The van der Waals surface area contributed by atoms with Crippen LogP contribution in [-0.4, -0.2) is 18.2 Å². The first-order valence-corrected chi connectivity index (χ1v) is 6.56. The zero-order chi connectivity index (χ0) is 13.8. The molecule has 0 aliphatic heterocycles. The van der Waals surface area contributed by atoms with Gasteiger partial charge in [0.15, 0.2) is 0 Å². The van der Waals surface area contributed by atoms with Crippen molar-refractivity contribution in [1.82, 2.24) is 5.32 Å². The van der Waals surface area contributed by atoms with Gasteiger partial charge in [0.25, 0.3) is 0 Å². The van der Waals surface area contributed by atoms with Crippen LogP contribution in [0.15, 0.2) is 28.7 Å². The fraction of sp³-hybridized carbons (Fsp3) is 0.462. The van der Waals surface area contributed by atoms with Gasteiger partial charge in [-0.05, 0) is 32.4 Å². The first-order valence-electron chi connectivity index (χ1n) is 5.76. The molecular weight excluding hydrogens is 296 g/mol. The minimum absolute atomic E-state index is 0.270. The molecule has 1 atom stereocenters. The second-order valence-electron chi connectivity index (χ2n) is 5.01. The summed E-state index contributed by atoms with van der Waals surface area (Å²) in [6.07, 6.45) is -0.454. The topological polar surface area (TPSA) is 64.3 Å². The zero-order valence-corrected chi connectivity index (χ0v) is 12.5. The summed E-state index contributed by atoms with van der Waals surface area (Å²) >= 11 is 3.43. The maximum atomic E-state index is 11.5. The number of nitrogens with two attached hydrogens (primary N) is 1. The van der Waals surface area contributed by atoms with Crippen LogP contribution in [0.5, 0.6) is 0 Å². The molecule has 0 radical (unpaired) electrons. The van der Waals surface area contributed by atoms with Crippen molar-refractivity contribution >= 4 is 22.0 Å². The largest absolute Gasteiger partial charge is 0.444 e. The number of carbonyl (C=O) groups is 1. The second kappa shape index (κ2) is 6.20. The molecule has 0 aliphatic rings. The third-order valence-electron chi connectivity index (χ3n) is 2.17. The van der Waals surface area contributed by atoms with E-state index in [1.807, 2.05) is 45.0 Å². The summed E-state index contributed by atoms with van der Waals surface area (Å²) in [5, 5.41) is 2.66. The summed E-state index contributed by atoms with van der Waals surface area (Å²) in [6, 6.07) is 7.40. The Morgan fingerprint density at radius 1 is 1.44 bits per heavy atom. The maximum Gasteiger partial charge on any atom is 0.407 e. The number of carbonyl (C=O) groups excluding carboxylic acids is 1. The molecule has 1 aromatic carbocycles. The minimum atomic E-state index is -0.499. The van der Waals surface area contributed by atoms with E-state index < -0.39 is 11.7 Å². The van der Waals surface area contributed by atoms with Gasteiger partial charge in [0.1, 0.15) is 5.60 Å². The van der Waals surface area contributed by atoms with Crippen molar-refractivity contribution in [2.45, 2.75) is 32.4 Å². The van der Waals surface area contributed by atoms with Crippen molar-refractivity contribution in [1.29, 1.82) is 0 Å². The molecule has 0 aromatic heterocycles. The van der Waals surface area contributed by atoms with Gasteiger partial charge in [-0.1, -0.05) is 34.1 Å². The minimum Gasteiger partial charge on any atom is -0.444 e. The summed E-state index contributed by atoms with van der Waals surface area (Å²) in [4.78, 5) is 11.5. The molecule has 1 rings (SSSR count). The fourth-order valence-electron chi connectivity index (χ4n) is 1.39. The predicted molar refractivity (Wildman–Crippen MR) is 75.3 cm³/mol. The Labute approximate surface area is 116 Å². The second-order valence-corrected chi connectivity index (χ2v) is 5.87. The summed E-state index contributed by atoms with van der Waals surface area (Å²) in [7, 11) is 0. The number of ether oxygens (including phenoxy) is 1. The molecule has 100 valence electrons. The van der Waals surface area contributed by atoms with Crippen LogP contribution in [0.25, 0.3) is 0 Å². The van der Waals surface area contributed by atoms with Crippen LogP contribution in [0.1, 0.15) is 32.4 Å². The normalized spacial score (nSPS) is 12.9. The highest BCUT2D eigenvalue weighted by Crippen LogP contribution is 2.21. The quantitative estimate of drug-likeness (QED) is 0.901. The highest BCUT2D eigenvalue weighted by molar-refractivity contribution is 9.10. The molecule has 0 spiro atoms. The van der Waals surface area contributed by atoms with Crippen LogP contribution in [0, 0.1) is 0 Å². The lowest BCUT2D eigenvalue weighted by molar-refractivity contribution is 0.0524. The lowest BCUT2D eigenvalue weighted by Crippen LogP contribution is -2.36. The summed E-state index contributed by atoms with van der Waals surface area (Å²) < 4.78 is 6.07.